The summed E-state index contributed by atoms with van der Waals surface area (Å²) in [7, 11) is 2.17. The topological polar surface area (TPSA) is 65.1 Å². The Morgan fingerprint density at radius 2 is 1.77 bits per heavy atom. The van der Waals surface area contributed by atoms with Crippen LogP contribution in [0, 0.1) is 12.7 Å². The van der Waals surface area contributed by atoms with Crippen LogP contribution in [0.3, 0.4) is 0 Å². The van der Waals surface area contributed by atoms with Crippen LogP contribution in [-0.4, -0.2) is 40.5 Å². The van der Waals surface area contributed by atoms with Crippen LogP contribution in [-0.2, 0) is 0 Å². The summed E-state index contributed by atoms with van der Waals surface area (Å²) < 4.78 is 16.1. The normalized spacial score (nSPS) is 14.6. The van der Waals surface area contributed by atoms with E-state index in [0.29, 0.717) is 29.1 Å². The van der Waals surface area contributed by atoms with Crippen molar-refractivity contribution in [1.29, 1.82) is 0 Å². The van der Waals surface area contributed by atoms with Gasteiger partial charge in [-0.3, -0.25) is 0 Å². The van der Waals surface area contributed by atoms with E-state index in [9.17, 15) is 4.39 Å². The number of rotatable bonds is 7. The van der Waals surface area contributed by atoms with Crippen LogP contribution in [0.5, 0.6) is 0 Å². The molecule has 0 radical (unpaired) electrons. The van der Waals surface area contributed by atoms with Gasteiger partial charge in [-0.25, -0.2) is 13.7 Å². The highest BCUT2D eigenvalue weighted by Gasteiger charge is 2.18. The predicted octanol–water partition coefficient (Wildman–Crippen LogP) is 5.10. The van der Waals surface area contributed by atoms with Crippen LogP contribution < -0.4 is 16.0 Å². The van der Waals surface area contributed by atoms with E-state index in [1.54, 1.807) is 37.2 Å². The van der Waals surface area contributed by atoms with Gasteiger partial charge in [0.05, 0.1) is 0 Å². The highest BCUT2D eigenvalue weighted by Crippen LogP contribution is 2.28. The second-order valence-corrected chi connectivity index (χ2v) is 8.85. The minimum atomic E-state index is -0.249. The molecule has 1 saturated heterocycles. The van der Waals surface area contributed by atoms with Gasteiger partial charge in [-0.1, -0.05) is 6.07 Å². The molecule has 4 rings (SSSR count). The molecule has 0 bridgehead atoms. The van der Waals surface area contributed by atoms with Crippen molar-refractivity contribution in [3.8, 4) is 0 Å². The zero-order valence-electron chi connectivity index (χ0n) is 17.7. The van der Waals surface area contributed by atoms with Crippen LogP contribution in [0.25, 0.3) is 0 Å². The van der Waals surface area contributed by atoms with E-state index in [2.05, 4.69) is 49.4 Å². The van der Waals surface area contributed by atoms with Crippen LogP contribution in [0.4, 0.5) is 27.5 Å². The van der Waals surface area contributed by atoms with Crippen molar-refractivity contribution in [2.45, 2.75) is 30.7 Å². The minimum absolute atomic E-state index is 0.249. The van der Waals surface area contributed by atoms with Crippen LogP contribution in [0.1, 0.15) is 18.4 Å². The van der Waals surface area contributed by atoms with Gasteiger partial charge in [0.2, 0.25) is 5.95 Å². The molecule has 0 aliphatic carbocycles. The average molecular weight is 439 g/mol. The molecular formula is C23H27FN6S. The van der Waals surface area contributed by atoms with Crippen LogP contribution in [0.15, 0.2) is 59.6 Å². The molecule has 0 amide bonds. The SMILES string of the molecule is Cc1ccc(Nc2ccnc(Nc3ccc(SN(C)C4CCNCC4)cc3)n2)cc1F. The summed E-state index contributed by atoms with van der Waals surface area (Å²) in [6.07, 6.45) is 4.03. The van der Waals surface area contributed by atoms with E-state index in [1.807, 2.05) is 18.2 Å². The molecule has 3 N–H and O–H groups in total. The Morgan fingerprint density at radius 3 is 2.52 bits per heavy atom. The van der Waals surface area contributed by atoms with Crippen molar-refractivity contribution in [2.75, 3.05) is 30.8 Å². The van der Waals surface area contributed by atoms with E-state index < -0.39 is 0 Å². The maximum absolute atomic E-state index is 13.8. The molecule has 0 spiro atoms. The van der Waals surface area contributed by atoms with Gasteiger partial charge in [-0.15, -0.1) is 0 Å². The zero-order chi connectivity index (χ0) is 21.6. The molecule has 1 fully saturated rings. The Labute approximate surface area is 186 Å². The molecule has 3 aromatic rings. The number of aromatic nitrogens is 2. The van der Waals surface area contributed by atoms with Crippen molar-refractivity contribution in [2.24, 2.45) is 0 Å². The van der Waals surface area contributed by atoms with Crippen LogP contribution in [0.2, 0.25) is 0 Å². The molecule has 2 heterocycles. The molecule has 0 atom stereocenters. The Morgan fingerprint density at radius 1 is 1.03 bits per heavy atom. The Kier molecular flexibility index (Phi) is 7.01. The summed E-state index contributed by atoms with van der Waals surface area (Å²) >= 11 is 1.78. The number of aryl methyl sites for hydroxylation is 1. The van der Waals surface area contributed by atoms with Crippen molar-refractivity contribution in [3.05, 3.63) is 66.1 Å². The summed E-state index contributed by atoms with van der Waals surface area (Å²) in [5, 5.41) is 9.75. The number of hydrogen-bond donors (Lipinski definition) is 3. The highest BCUT2D eigenvalue weighted by atomic mass is 32.2. The average Bonchev–Trinajstić information content (AvgIpc) is 2.78. The van der Waals surface area contributed by atoms with E-state index in [1.165, 1.54) is 23.8 Å². The monoisotopic (exact) mass is 438 g/mol. The lowest BCUT2D eigenvalue weighted by atomic mass is 10.1. The molecule has 1 aliphatic heterocycles. The molecule has 0 unspecified atom stereocenters. The van der Waals surface area contributed by atoms with E-state index in [4.69, 9.17) is 0 Å². The standard InChI is InChI=1S/C23H27FN6S/c1-16-3-4-18(15-21(16)24)27-22-11-14-26-23(29-22)28-17-5-7-20(8-6-17)31-30(2)19-9-12-25-13-10-19/h3-8,11,14-15,19,25H,9-10,12-13H2,1-2H3,(H2,26,27,28,29). The molecule has 2 aromatic carbocycles. The van der Waals surface area contributed by atoms with Crippen molar-refractivity contribution in [1.82, 2.24) is 19.6 Å². The van der Waals surface area contributed by atoms with Gasteiger partial charge < -0.3 is 16.0 Å². The van der Waals surface area contributed by atoms with Crippen molar-refractivity contribution >= 4 is 35.1 Å². The van der Waals surface area contributed by atoms with Gasteiger partial charge in [-0.05, 0) is 99.9 Å². The molecule has 1 aliphatic rings. The maximum atomic E-state index is 13.8. The lowest BCUT2D eigenvalue weighted by Crippen LogP contribution is -2.38. The molecule has 8 heteroatoms. The third-order valence-electron chi connectivity index (χ3n) is 5.28. The fraction of sp³-hybridized carbons (Fsp3) is 0.304. The molecule has 31 heavy (non-hydrogen) atoms. The first-order valence-corrected chi connectivity index (χ1v) is 11.2. The lowest BCUT2D eigenvalue weighted by molar-refractivity contribution is 0.317. The fourth-order valence-corrected chi connectivity index (χ4v) is 4.40. The Hall–Kier alpha value is -2.68. The first-order valence-electron chi connectivity index (χ1n) is 10.4. The molecule has 0 saturated carbocycles. The fourth-order valence-electron chi connectivity index (χ4n) is 3.45. The molecular weight excluding hydrogens is 411 g/mol. The first-order chi connectivity index (χ1) is 15.1. The Bertz CT molecular complexity index is 1010. The number of hydrogen-bond acceptors (Lipinski definition) is 7. The summed E-state index contributed by atoms with van der Waals surface area (Å²) in [4.78, 5) is 9.96. The predicted molar refractivity (Wildman–Crippen MR) is 126 cm³/mol. The van der Waals surface area contributed by atoms with Gasteiger partial charge in [0.1, 0.15) is 11.6 Å². The summed E-state index contributed by atoms with van der Waals surface area (Å²) in [5.41, 5.74) is 2.17. The van der Waals surface area contributed by atoms with E-state index in [-0.39, 0.29) is 5.82 Å². The van der Waals surface area contributed by atoms with Crippen molar-refractivity contribution < 1.29 is 4.39 Å². The number of halogens is 1. The van der Waals surface area contributed by atoms with Gasteiger partial charge in [-0.2, -0.15) is 4.98 Å². The highest BCUT2D eigenvalue weighted by molar-refractivity contribution is 7.97. The summed E-state index contributed by atoms with van der Waals surface area (Å²) in [5.74, 6) is 0.822. The number of benzene rings is 2. The second-order valence-electron chi connectivity index (χ2n) is 7.62. The molecule has 1 aromatic heterocycles. The quantitative estimate of drug-likeness (QED) is 0.443. The number of anilines is 4. The van der Waals surface area contributed by atoms with Gasteiger partial charge >= 0.3 is 0 Å². The molecule has 6 nitrogen and oxygen atoms in total. The third-order valence-corrected chi connectivity index (χ3v) is 6.35. The zero-order valence-corrected chi connectivity index (χ0v) is 18.5. The Balaban J connectivity index is 1.36. The van der Waals surface area contributed by atoms with Gasteiger partial charge in [0.15, 0.2) is 0 Å². The summed E-state index contributed by atoms with van der Waals surface area (Å²) in [6.45, 7) is 3.91. The van der Waals surface area contributed by atoms with Gasteiger partial charge in [0, 0.05) is 28.5 Å². The van der Waals surface area contributed by atoms with Gasteiger partial charge in [0.25, 0.3) is 0 Å². The smallest absolute Gasteiger partial charge is 0.229 e. The number of nitrogens with one attached hydrogen (secondary N) is 3. The third kappa shape index (κ3) is 5.94. The number of piperidine rings is 1. The maximum Gasteiger partial charge on any atom is 0.229 e. The first kappa shape index (κ1) is 21.5. The largest absolute Gasteiger partial charge is 0.340 e. The van der Waals surface area contributed by atoms with Crippen LogP contribution >= 0.6 is 11.9 Å². The lowest BCUT2D eigenvalue weighted by Gasteiger charge is -2.30. The summed E-state index contributed by atoms with van der Waals surface area (Å²) in [6, 6.07) is 15.6. The second kappa shape index (κ2) is 10.1. The van der Waals surface area contributed by atoms with E-state index >= 15 is 0 Å². The van der Waals surface area contributed by atoms with E-state index in [0.717, 1.165) is 18.8 Å². The number of nitrogens with zero attached hydrogens (tertiary/aromatic N) is 3. The minimum Gasteiger partial charge on any atom is -0.340 e. The van der Waals surface area contributed by atoms with Crippen molar-refractivity contribution in [3.63, 3.8) is 0 Å². The molecule has 162 valence electrons.